The van der Waals surface area contributed by atoms with E-state index in [0.717, 1.165) is 0 Å². The fourth-order valence-electron chi connectivity index (χ4n) is 0.456. The van der Waals surface area contributed by atoms with E-state index in [1.165, 1.54) is 0 Å². The fraction of sp³-hybridized carbons (Fsp3) is 0.667. The smallest absolute Gasteiger partial charge is 0.244 e. The minimum atomic E-state index is -5.77. The summed E-state index contributed by atoms with van der Waals surface area (Å²) in [6.07, 6.45) is -0.642. The van der Waals surface area contributed by atoms with Crippen molar-refractivity contribution in [2.75, 3.05) is 6.67 Å². The van der Waals surface area contributed by atoms with E-state index < -0.39 is 30.5 Å². The molecule has 0 spiro atoms. The average molecular weight is 210 g/mol. The molecular formula is C6H5F7. The molecule has 0 fully saturated rings. The van der Waals surface area contributed by atoms with Crippen LogP contribution in [0.2, 0.25) is 0 Å². The van der Waals surface area contributed by atoms with Gasteiger partial charge in [-0.25, -0.2) is 4.39 Å². The number of hydrogen-bond donors (Lipinski definition) is 0. The summed E-state index contributed by atoms with van der Waals surface area (Å²) in [5, 5.41) is 0. The molecule has 0 aliphatic heterocycles. The Morgan fingerprint density at radius 1 is 1.00 bits per heavy atom. The van der Waals surface area contributed by atoms with Crippen molar-refractivity contribution in [3.05, 3.63) is 12.7 Å². The van der Waals surface area contributed by atoms with Crippen LogP contribution in [0.25, 0.3) is 0 Å². The second-order valence-electron chi connectivity index (χ2n) is 2.24. The van der Waals surface area contributed by atoms with Gasteiger partial charge in [0.05, 0.1) is 0 Å². The number of alkyl halides is 7. The Bertz CT molecular complexity index is 195. The van der Waals surface area contributed by atoms with Gasteiger partial charge in [-0.05, 0) is 6.08 Å². The highest BCUT2D eigenvalue weighted by Crippen LogP contribution is 2.46. The second kappa shape index (κ2) is 3.19. The van der Waals surface area contributed by atoms with Crippen molar-refractivity contribution in [3.63, 3.8) is 0 Å². The van der Waals surface area contributed by atoms with Gasteiger partial charge in [-0.1, -0.05) is 6.58 Å². The zero-order valence-electron chi connectivity index (χ0n) is 6.14. The molecule has 0 aromatic rings. The van der Waals surface area contributed by atoms with Crippen molar-refractivity contribution >= 4 is 0 Å². The molecule has 13 heavy (non-hydrogen) atoms. The highest BCUT2D eigenvalue weighted by atomic mass is 19.3. The normalized spacial score (nSPS) is 14.4. The van der Waals surface area contributed by atoms with Crippen LogP contribution in [0.5, 0.6) is 0 Å². The van der Waals surface area contributed by atoms with Crippen LogP contribution in [-0.2, 0) is 0 Å². The molecule has 0 bridgehead atoms. The quantitative estimate of drug-likeness (QED) is 0.494. The first kappa shape index (κ1) is 12.2. The van der Waals surface area contributed by atoms with E-state index in [1.54, 1.807) is 0 Å². The molecule has 0 atom stereocenters. The van der Waals surface area contributed by atoms with Gasteiger partial charge in [0.2, 0.25) is 0 Å². The van der Waals surface area contributed by atoms with E-state index >= 15 is 0 Å². The summed E-state index contributed by atoms with van der Waals surface area (Å²) in [5.74, 6) is -16.3. The molecule has 0 saturated carbocycles. The molecule has 0 unspecified atom stereocenters. The summed E-state index contributed by atoms with van der Waals surface area (Å²) in [7, 11) is 0. The molecule has 0 saturated heterocycles. The third-order valence-electron chi connectivity index (χ3n) is 1.30. The Kier molecular flexibility index (Phi) is 3.01. The molecule has 78 valence electrons. The van der Waals surface area contributed by atoms with Gasteiger partial charge in [-0.15, -0.1) is 0 Å². The van der Waals surface area contributed by atoms with E-state index in [9.17, 15) is 30.7 Å². The van der Waals surface area contributed by atoms with E-state index in [1.807, 2.05) is 0 Å². The summed E-state index contributed by atoms with van der Waals surface area (Å²) < 4.78 is 83.8. The van der Waals surface area contributed by atoms with Crippen molar-refractivity contribution in [1.82, 2.24) is 0 Å². The molecule has 0 aliphatic rings. The van der Waals surface area contributed by atoms with Gasteiger partial charge in [0.15, 0.2) is 6.67 Å². The molecule has 0 aromatic heterocycles. The van der Waals surface area contributed by atoms with Crippen LogP contribution in [0, 0.1) is 0 Å². The predicted octanol–water partition coefficient (Wildman–Crippen LogP) is 3.05. The van der Waals surface area contributed by atoms with Crippen LogP contribution in [0.15, 0.2) is 12.7 Å². The first-order valence-electron chi connectivity index (χ1n) is 2.95. The van der Waals surface area contributed by atoms with Gasteiger partial charge >= 0.3 is 17.8 Å². The van der Waals surface area contributed by atoms with Crippen molar-refractivity contribution in [3.8, 4) is 0 Å². The molecular weight excluding hydrogens is 205 g/mol. The topological polar surface area (TPSA) is 0 Å². The zero-order chi connectivity index (χ0) is 10.9. The molecule has 0 N–H and O–H groups in total. The Morgan fingerprint density at radius 3 is 1.62 bits per heavy atom. The largest absolute Gasteiger partial charge is 0.378 e. The van der Waals surface area contributed by atoms with E-state index in [0.29, 0.717) is 0 Å². The van der Waals surface area contributed by atoms with Crippen LogP contribution < -0.4 is 0 Å². The van der Waals surface area contributed by atoms with Crippen molar-refractivity contribution in [2.45, 2.75) is 17.8 Å². The third-order valence-corrected chi connectivity index (χ3v) is 1.30. The van der Waals surface area contributed by atoms with Gasteiger partial charge in [0.25, 0.3) is 0 Å². The highest BCUT2D eigenvalue weighted by molar-refractivity contribution is 5.05. The average Bonchev–Trinajstić information content (AvgIpc) is 2.03. The number of allylic oxidation sites excluding steroid dienone is 1. The van der Waals surface area contributed by atoms with Gasteiger partial charge in [0, 0.05) is 0 Å². The standard InChI is InChI=1S/C6H5F7/c1-2-4(8,9)6(12,13)5(10,11)3-7/h2H,1,3H2. The molecule has 0 rings (SSSR count). The van der Waals surface area contributed by atoms with Crippen molar-refractivity contribution in [1.29, 1.82) is 0 Å². The van der Waals surface area contributed by atoms with E-state index in [2.05, 4.69) is 6.58 Å². The monoisotopic (exact) mass is 210 g/mol. The van der Waals surface area contributed by atoms with Crippen molar-refractivity contribution < 1.29 is 30.7 Å². The van der Waals surface area contributed by atoms with E-state index in [-0.39, 0.29) is 0 Å². The highest BCUT2D eigenvalue weighted by Gasteiger charge is 2.70. The molecule has 0 aromatic carbocycles. The lowest BCUT2D eigenvalue weighted by Gasteiger charge is -2.29. The molecule has 7 heteroatoms. The molecule has 0 radical (unpaired) electrons. The number of hydrogen-bond acceptors (Lipinski definition) is 0. The zero-order valence-corrected chi connectivity index (χ0v) is 6.14. The van der Waals surface area contributed by atoms with Crippen LogP contribution in [0.3, 0.4) is 0 Å². The SMILES string of the molecule is C=CC(F)(F)C(F)(F)C(F)(F)CF. The summed E-state index contributed by atoms with van der Waals surface area (Å²) in [5.41, 5.74) is 0. The second-order valence-corrected chi connectivity index (χ2v) is 2.24. The molecule has 0 amide bonds. The lowest BCUT2D eigenvalue weighted by Crippen LogP contribution is -2.54. The minimum absolute atomic E-state index is 0.642. The van der Waals surface area contributed by atoms with E-state index in [4.69, 9.17) is 0 Å². The minimum Gasteiger partial charge on any atom is -0.244 e. The maximum atomic E-state index is 12.2. The lowest BCUT2D eigenvalue weighted by molar-refractivity contribution is -0.295. The van der Waals surface area contributed by atoms with Gasteiger partial charge in [0.1, 0.15) is 0 Å². The van der Waals surface area contributed by atoms with Crippen LogP contribution in [-0.4, -0.2) is 24.4 Å². The Hall–Kier alpha value is -0.750. The third kappa shape index (κ3) is 1.78. The van der Waals surface area contributed by atoms with Crippen molar-refractivity contribution in [2.24, 2.45) is 0 Å². The fourth-order valence-corrected chi connectivity index (χ4v) is 0.456. The predicted molar refractivity (Wildman–Crippen MR) is 31.0 cm³/mol. The van der Waals surface area contributed by atoms with Gasteiger partial charge in [-0.3, -0.25) is 0 Å². The van der Waals surface area contributed by atoms with Crippen LogP contribution in [0.4, 0.5) is 30.7 Å². The Morgan fingerprint density at radius 2 is 1.38 bits per heavy atom. The summed E-state index contributed by atoms with van der Waals surface area (Å²) in [6, 6.07) is 0. The Labute approximate surface area is 69.0 Å². The summed E-state index contributed by atoms with van der Waals surface area (Å²) >= 11 is 0. The maximum absolute atomic E-state index is 12.2. The molecule has 0 aliphatic carbocycles. The number of halogens is 7. The van der Waals surface area contributed by atoms with Gasteiger partial charge in [-0.2, -0.15) is 26.3 Å². The first-order valence-corrected chi connectivity index (χ1v) is 2.95. The Balaban J connectivity index is 5.06. The van der Waals surface area contributed by atoms with Crippen LogP contribution in [0.1, 0.15) is 0 Å². The molecule has 0 nitrogen and oxygen atoms in total. The first-order chi connectivity index (χ1) is 5.62. The maximum Gasteiger partial charge on any atom is 0.378 e. The number of rotatable bonds is 4. The summed E-state index contributed by atoms with van der Waals surface area (Å²) in [6.45, 7) is -0.597. The molecule has 0 heterocycles. The van der Waals surface area contributed by atoms with Gasteiger partial charge < -0.3 is 0 Å². The summed E-state index contributed by atoms with van der Waals surface area (Å²) in [4.78, 5) is 0. The van der Waals surface area contributed by atoms with Crippen LogP contribution >= 0.6 is 0 Å². The lowest BCUT2D eigenvalue weighted by atomic mass is 10.1.